The lowest BCUT2D eigenvalue weighted by molar-refractivity contribution is 0.243. The number of urea groups is 1. The Morgan fingerprint density at radius 1 is 1.33 bits per heavy atom. The second-order valence-electron chi connectivity index (χ2n) is 5.44. The molecule has 114 valence electrons. The average Bonchev–Trinajstić information content (AvgIpc) is 2.54. The van der Waals surface area contributed by atoms with Gasteiger partial charge >= 0.3 is 6.03 Å². The number of amides is 2. The number of ether oxygens (including phenoxy) is 1. The molecule has 0 atom stereocenters. The van der Waals surface area contributed by atoms with Crippen LogP contribution in [0.5, 0.6) is 5.75 Å². The Bertz CT molecular complexity index is 479. The summed E-state index contributed by atoms with van der Waals surface area (Å²) in [5.41, 5.74) is 1.01. The minimum absolute atomic E-state index is 0.176. The van der Waals surface area contributed by atoms with Crippen LogP contribution in [0.25, 0.3) is 0 Å². The van der Waals surface area contributed by atoms with Crippen molar-refractivity contribution in [2.45, 2.75) is 38.6 Å². The quantitative estimate of drug-likeness (QED) is 0.870. The molecule has 0 spiro atoms. The topological polar surface area (TPSA) is 50.4 Å². The van der Waals surface area contributed by atoms with Gasteiger partial charge in [-0.15, -0.1) is 0 Å². The predicted molar refractivity (Wildman–Crippen MR) is 84.1 cm³/mol. The van der Waals surface area contributed by atoms with E-state index in [0.29, 0.717) is 12.5 Å². The third-order valence-electron chi connectivity index (χ3n) is 3.82. The number of hydrogen-bond donors (Lipinski definition) is 2. The molecular formula is C17H24N2O2. The van der Waals surface area contributed by atoms with Gasteiger partial charge in [-0.3, -0.25) is 0 Å². The minimum atomic E-state index is -0.176. The van der Waals surface area contributed by atoms with Crippen LogP contribution in [0.1, 0.15) is 37.7 Å². The first kappa shape index (κ1) is 15.4. The van der Waals surface area contributed by atoms with E-state index in [9.17, 15) is 4.79 Å². The smallest absolute Gasteiger partial charge is 0.319 e. The summed E-state index contributed by atoms with van der Waals surface area (Å²) in [6, 6.07) is 7.50. The summed E-state index contributed by atoms with van der Waals surface area (Å²) in [5.74, 6) is 1.42. The van der Waals surface area contributed by atoms with Crippen molar-refractivity contribution in [1.29, 1.82) is 0 Å². The summed E-state index contributed by atoms with van der Waals surface area (Å²) < 4.78 is 5.15. The summed E-state index contributed by atoms with van der Waals surface area (Å²) in [6.45, 7) is 0.486. The van der Waals surface area contributed by atoms with E-state index in [1.54, 1.807) is 13.3 Å². The molecule has 21 heavy (non-hydrogen) atoms. The monoisotopic (exact) mass is 288 g/mol. The molecule has 0 saturated heterocycles. The summed E-state index contributed by atoms with van der Waals surface area (Å²) in [6.07, 6.45) is 10.3. The van der Waals surface area contributed by atoms with Gasteiger partial charge < -0.3 is 15.4 Å². The molecule has 2 rings (SSSR count). The molecule has 0 aromatic heterocycles. The van der Waals surface area contributed by atoms with Crippen molar-refractivity contribution in [3.05, 3.63) is 42.1 Å². The van der Waals surface area contributed by atoms with Crippen molar-refractivity contribution in [2.24, 2.45) is 5.92 Å². The van der Waals surface area contributed by atoms with Crippen LogP contribution in [-0.4, -0.2) is 13.1 Å². The first-order chi connectivity index (χ1) is 10.3. The first-order valence-electron chi connectivity index (χ1n) is 7.62. The van der Waals surface area contributed by atoms with Gasteiger partial charge in [-0.05, 0) is 36.5 Å². The molecule has 4 heteroatoms. The van der Waals surface area contributed by atoms with Gasteiger partial charge in [0, 0.05) is 12.7 Å². The zero-order valence-corrected chi connectivity index (χ0v) is 12.6. The Morgan fingerprint density at radius 3 is 2.90 bits per heavy atom. The fraction of sp³-hybridized carbons (Fsp3) is 0.471. The maximum atomic E-state index is 11.7. The molecule has 0 radical (unpaired) electrons. The zero-order valence-electron chi connectivity index (χ0n) is 12.6. The molecule has 0 aliphatic heterocycles. The van der Waals surface area contributed by atoms with Gasteiger partial charge in [-0.2, -0.15) is 0 Å². The highest BCUT2D eigenvalue weighted by Gasteiger charge is 2.09. The Labute approximate surface area is 126 Å². The second-order valence-corrected chi connectivity index (χ2v) is 5.44. The highest BCUT2D eigenvalue weighted by atomic mass is 16.5. The number of rotatable bonds is 5. The van der Waals surface area contributed by atoms with Crippen molar-refractivity contribution in [1.82, 2.24) is 10.6 Å². The van der Waals surface area contributed by atoms with E-state index in [0.717, 1.165) is 11.3 Å². The first-order valence-corrected chi connectivity index (χ1v) is 7.62. The van der Waals surface area contributed by atoms with Crippen LogP contribution in [-0.2, 0) is 6.54 Å². The van der Waals surface area contributed by atoms with Gasteiger partial charge in [-0.25, -0.2) is 4.79 Å². The normalized spacial score (nSPS) is 15.9. The molecule has 1 aliphatic carbocycles. The molecule has 1 aromatic carbocycles. The van der Waals surface area contributed by atoms with Gasteiger partial charge in [0.15, 0.2) is 0 Å². The fourth-order valence-corrected chi connectivity index (χ4v) is 2.60. The van der Waals surface area contributed by atoms with Crippen LogP contribution in [0.15, 0.2) is 36.5 Å². The van der Waals surface area contributed by atoms with E-state index in [1.807, 2.05) is 24.3 Å². The SMILES string of the molecule is COc1cccc(CNC(=O)N/C=C/C2CCCCC2)c1. The molecule has 2 amide bonds. The molecule has 0 bridgehead atoms. The lowest BCUT2D eigenvalue weighted by Crippen LogP contribution is -2.31. The average molecular weight is 288 g/mol. The van der Waals surface area contributed by atoms with Gasteiger partial charge in [0.1, 0.15) is 5.75 Å². The lowest BCUT2D eigenvalue weighted by Gasteiger charge is -2.17. The molecule has 2 N–H and O–H groups in total. The maximum absolute atomic E-state index is 11.7. The largest absolute Gasteiger partial charge is 0.497 e. The molecule has 4 nitrogen and oxygen atoms in total. The van der Waals surface area contributed by atoms with Crippen molar-refractivity contribution >= 4 is 6.03 Å². The van der Waals surface area contributed by atoms with Crippen LogP contribution in [0.2, 0.25) is 0 Å². The molecule has 1 fully saturated rings. The van der Waals surface area contributed by atoms with E-state index in [-0.39, 0.29) is 6.03 Å². The number of allylic oxidation sites excluding steroid dienone is 1. The number of methoxy groups -OCH3 is 1. The molecule has 0 heterocycles. The van der Waals surface area contributed by atoms with Gasteiger partial charge in [0.2, 0.25) is 0 Å². The standard InChI is InChI=1S/C17H24N2O2/c1-21-16-9-5-8-15(12-16)13-19-17(20)18-11-10-14-6-3-2-4-7-14/h5,8-12,14H,2-4,6-7,13H2,1H3,(H2,18,19,20)/b11-10+. The summed E-state index contributed by atoms with van der Waals surface area (Å²) in [4.78, 5) is 11.7. The van der Waals surface area contributed by atoms with Crippen LogP contribution in [0.3, 0.4) is 0 Å². The van der Waals surface area contributed by atoms with Crippen LogP contribution in [0, 0.1) is 5.92 Å². The van der Waals surface area contributed by atoms with Crippen LogP contribution >= 0.6 is 0 Å². The van der Waals surface area contributed by atoms with E-state index >= 15 is 0 Å². The summed E-state index contributed by atoms with van der Waals surface area (Å²) >= 11 is 0. The van der Waals surface area contributed by atoms with E-state index in [2.05, 4.69) is 16.7 Å². The molecular weight excluding hydrogens is 264 g/mol. The Hall–Kier alpha value is -1.97. The number of carbonyl (C=O) groups excluding carboxylic acids is 1. The van der Waals surface area contributed by atoms with Crippen LogP contribution in [0.4, 0.5) is 4.79 Å². The third kappa shape index (κ3) is 5.50. The number of hydrogen-bond acceptors (Lipinski definition) is 2. The van der Waals surface area contributed by atoms with Gasteiger partial charge in [0.05, 0.1) is 7.11 Å². The Kier molecular flexibility index (Phi) is 6.13. The predicted octanol–water partition coefficient (Wildman–Crippen LogP) is 3.59. The highest BCUT2D eigenvalue weighted by molar-refractivity contribution is 5.74. The number of carbonyl (C=O) groups is 1. The van der Waals surface area contributed by atoms with E-state index in [4.69, 9.17) is 4.74 Å². The minimum Gasteiger partial charge on any atom is -0.497 e. The molecule has 1 saturated carbocycles. The number of benzene rings is 1. The van der Waals surface area contributed by atoms with Crippen molar-refractivity contribution in [3.63, 3.8) is 0 Å². The van der Waals surface area contributed by atoms with Gasteiger partial charge in [-0.1, -0.05) is 37.5 Å². The zero-order chi connectivity index (χ0) is 14.9. The third-order valence-corrected chi connectivity index (χ3v) is 3.82. The maximum Gasteiger partial charge on any atom is 0.319 e. The Balaban J connectivity index is 1.70. The van der Waals surface area contributed by atoms with Crippen molar-refractivity contribution in [2.75, 3.05) is 7.11 Å². The summed E-state index contributed by atoms with van der Waals surface area (Å²) in [5, 5.41) is 5.60. The van der Waals surface area contributed by atoms with E-state index < -0.39 is 0 Å². The van der Waals surface area contributed by atoms with Gasteiger partial charge in [0.25, 0.3) is 0 Å². The molecule has 0 unspecified atom stereocenters. The van der Waals surface area contributed by atoms with Crippen molar-refractivity contribution in [3.8, 4) is 5.75 Å². The van der Waals surface area contributed by atoms with Crippen LogP contribution < -0.4 is 15.4 Å². The lowest BCUT2D eigenvalue weighted by atomic mass is 9.89. The second kappa shape index (κ2) is 8.35. The van der Waals surface area contributed by atoms with Crippen molar-refractivity contribution < 1.29 is 9.53 Å². The summed E-state index contributed by atoms with van der Waals surface area (Å²) in [7, 11) is 1.63. The highest BCUT2D eigenvalue weighted by Crippen LogP contribution is 2.24. The van der Waals surface area contributed by atoms with E-state index in [1.165, 1.54) is 32.1 Å². The molecule has 1 aliphatic rings. The molecule has 1 aromatic rings. The Morgan fingerprint density at radius 2 is 2.14 bits per heavy atom. The number of nitrogens with one attached hydrogen (secondary N) is 2. The fourth-order valence-electron chi connectivity index (χ4n) is 2.60.